The van der Waals surface area contributed by atoms with Crippen molar-refractivity contribution in [3.05, 3.63) is 41.4 Å². The molecule has 2 heterocycles. The Kier molecular flexibility index (Phi) is 11.4. The van der Waals surface area contributed by atoms with Gasteiger partial charge in [-0.25, -0.2) is 15.0 Å². The van der Waals surface area contributed by atoms with E-state index in [0.717, 1.165) is 17.2 Å². The zero-order chi connectivity index (χ0) is 20.3. The molecule has 5 heteroatoms. The van der Waals surface area contributed by atoms with Gasteiger partial charge in [-0.15, -0.1) is 0 Å². The van der Waals surface area contributed by atoms with E-state index in [1.54, 1.807) is 7.11 Å². The lowest BCUT2D eigenvalue weighted by Gasteiger charge is -2.09. The van der Waals surface area contributed by atoms with Crippen molar-refractivity contribution >= 4 is 0 Å². The largest absolute Gasteiger partial charge is 0.481 e. The van der Waals surface area contributed by atoms with Gasteiger partial charge in [-0.05, 0) is 24.3 Å². The van der Waals surface area contributed by atoms with Gasteiger partial charge in [-0.3, -0.25) is 0 Å². The third-order valence-corrected chi connectivity index (χ3v) is 3.59. The fourth-order valence-corrected chi connectivity index (χ4v) is 1.96. The van der Waals surface area contributed by atoms with Crippen LogP contribution in [0.15, 0.2) is 18.6 Å². The van der Waals surface area contributed by atoms with Crippen LogP contribution in [0.25, 0.3) is 0 Å². The Bertz CT molecular complexity index is 595. The lowest BCUT2D eigenvalue weighted by atomic mass is 10.1. The monoisotopic (exact) mass is 360 g/mol. The van der Waals surface area contributed by atoms with Gasteiger partial charge in [-0.2, -0.15) is 4.98 Å². The van der Waals surface area contributed by atoms with Crippen LogP contribution in [0.3, 0.4) is 0 Å². The summed E-state index contributed by atoms with van der Waals surface area (Å²) in [6, 6.07) is 0. The fraction of sp³-hybridized carbons (Fsp3) is 0.619. The first-order chi connectivity index (χ1) is 12.3. The number of nitrogens with zero attached hydrogens (tertiary/aromatic N) is 4. The van der Waals surface area contributed by atoms with Gasteiger partial charge in [0.2, 0.25) is 5.88 Å². The van der Waals surface area contributed by atoms with Crippen molar-refractivity contribution in [3.63, 3.8) is 0 Å². The SMILES string of the molecule is CC.CC(C)c1cnc(C(C)C)nc1.COc1nc(C)ncc1C(C)C. The summed E-state index contributed by atoms with van der Waals surface area (Å²) in [5.74, 6) is 3.71. The zero-order valence-corrected chi connectivity index (χ0v) is 18.2. The number of rotatable bonds is 4. The van der Waals surface area contributed by atoms with Gasteiger partial charge in [-0.1, -0.05) is 55.4 Å². The molecule has 0 aliphatic carbocycles. The summed E-state index contributed by atoms with van der Waals surface area (Å²) in [5.41, 5.74) is 2.27. The maximum absolute atomic E-state index is 5.14. The summed E-state index contributed by atoms with van der Waals surface area (Å²) in [5, 5.41) is 0. The molecule has 2 aromatic rings. The van der Waals surface area contributed by atoms with Gasteiger partial charge in [0.15, 0.2) is 0 Å². The predicted molar refractivity (Wildman–Crippen MR) is 109 cm³/mol. The van der Waals surface area contributed by atoms with Crippen LogP contribution < -0.4 is 4.74 Å². The standard InChI is InChI=1S/C10H16N2.C9H14N2O.C2H6/c1-7(2)9-5-11-10(8(3)4)12-6-9;1-6(2)8-5-10-7(3)11-9(8)12-4;1-2/h5-8H,1-4H3;5-6H,1-4H3;1-2H3. The zero-order valence-electron chi connectivity index (χ0n) is 18.2. The molecular weight excluding hydrogens is 324 g/mol. The molecule has 0 unspecified atom stereocenters. The molecule has 5 nitrogen and oxygen atoms in total. The number of hydrogen-bond donors (Lipinski definition) is 0. The molecule has 0 spiro atoms. The van der Waals surface area contributed by atoms with E-state index in [9.17, 15) is 0 Å². The Morgan fingerprint density at radius 3 is 1.69 bits per heavy atom. The van der Waals surface area contributed by atoms with E-state index in [-0.39, 0.29) is 0 Å². The molecule has 0 fully saturated rings. The maximum atomic E-state index is 5.14. The molecule has 0 N–H and O–H groups in total. The smallest absolute Gasteiger partial charge is 0.219 e. The minimum atomic E-state index is 0.403. The third-order valence-electron chi connectivity index (χ3n) is 3.59. The second-order valence-electron chi connectivity index (χ2n) is 6.72. The van der Waals surface area contributed by atoms with Crippen LogP contribution in [-0.2, 0) is 0 Å². The molecule has 0 saturated carbocycles. The summed E-state index contributed by atoms with van der Waals surface area (Å²) < 4.78 is 5.14. The quantitative estimate of drug-likeness (QED) is 0.703. The van der Waals surface area contributed by atoms with E-state index >= 15 is 0 Å². The normalized spacial score (nSPS) is 10.2. The third kappa shape index (κ3) is 7.89. The highest BCUT2D eigenvalue weighted by molar-refractivity contribution is 5.26. The summed E-state index contributed by atoms with van der Waals surface area (Å²) >= 11 is 0. The van der Waals surface area contributed by atoms with Crippen LogP contribution in [0.5, 0.6) is 5.88 Å². The summed E-state index contributed by atoms with van der Waals surface area (Å²) in [6.45, 7) is 18.5. The molecule has 0 aromatic carbocycles. The van der Waals surface area contributed by atoms with Crippen molar-refractivity contribution in [1.82, 2.24) is 19.9 Å². The molecular formula is C21H36N4O. The van der Waals surface area contributed by atoms with E-state index in [0.29, 0.717) is 23.6 Å². The van der Waals surface area contributed by atoms with Crippen LogP contribution in [0, 0.1) is 6.92 Å². The van der Waals surface area contributed by atoms with Crippen LogP contribution in [0.2, 0.25) is 0 Å². The van der Waals surface area contributed by atoms with Crippen LogP contribution >= 0.6 is 0 Å². The minimum Gasteiger partial charge on any atom is -0.481 e. The van der Waals surface area contributed by atoms with Crippen LogP contribution in [0.1, 0.15) is 95.9 Å². The van der Waals surface area contributed by atoms with Crippen molar-refractivity contribution in [1.29, 1.82) is 0 Å². The summed E-state index contributed by atoms with van der Waals surface area (Å²) in [7, 11) is 1.63. The molecule has 0 atom stereocenters. The summed E-state index contributed by atoms with van der Waals surface area (Å²) in [4.78, 5) is 16.9. The Morgan fingerprint density at radius 2 is 1.31 bits per heavy atom. The van der Waals surface area contributed by atoms with Gasteiger partial charge < -0.3 is 4.74 Å². The van der Waals surface area contributed by atoms with Crippen molar-refractivity contribution in [3.8, 4) is 5.88 Å². The first-order valence-corrected chi connectivity index (χ1v) is 9.45. The first-order valence-electron chi connectivity index (χ1n) is 9.45. The molecule has 0 saturated heterocycles. The lowest BCUT2D eigenvalue weighted by Crippen LogP contribution is -2.00. The van der Waals surface area contributed by atoms with Gasteiger partial charge in [0, 0.05) is 30.1 Å². The number of methoxy groups -OCH3 is 1. The fourth-order valence-electron chi connectivity index (χ4n) is 1.96. The molecule has 2 aromatic heterocycles. The predicted octanol–water partition coefficient (Wildman–Crippen LogP) is 5.67. The highest BCUT2D eigenvalue weighted by Gasteiger charge is 2.08. The molecule has 146 valence electrons. The van der Waals surface area contributed by atoms with Gasteiger partial charge in [0.05, 0.1) is 7.11 Å². The average Bonchev–Trinajstić information content (AvgIpc) is 2.63. The second kappa shape index (κ2) is 12.3. The van der Waals surface area contributed by atoms with E-state index < -0.39 is 0 Å². The van der Waals surface area contributed by atoms with Crippen molar-refractivity contribution in [2.24, 2.45) is 0 Å². The molecule has 0 bridgehead atoms. The Balaban J connectivity index is 0.000000439. The van der Waals surface area contributed by atoms with Crippen LogP contribution in [-0.4, -0.2) is 27.0 Å². The number of hydrogen-bond acceptors (Lipinski definition) is 5. The first kappa shape index (κ1) is 24.0. The van der Waals surface area contributed by atoms with Gasteiger partial charge >= 0.3 is 0 Å². The average molecular weight is 361 g/mol. The Morgan fingerprint density at radius 1 is 0.769 bits per heavy atom. The van der Waals surface area contributed by atoms with Crippen molar-refractivity contribution in [2.75, 3.05) is 7.11 Å². The van der Waals surface area contributed by atoms with Crippen LogP contribution in [0.4, 0.5) is 0 Å². The number of ether oxygens (including phenoxy) is 1. The molecule has 0 aliphatic rings. The topological polar surface area (TPSA) is 60.8 Å². The van der Waals surface area contributed by atoms with E-state index in [1.165, 1.54) is 5.56 Å². The second-order valence-corrected chi connectivity index (χ2v) is 6.72. The molecule has 0 aliphatic heterocycles. The molecule has 2 rings (SSSR count). The Labute approximate surface area is 159 Å². The van der Waals surface area contributed by atoms with E-state index in [1.807, 2.05) is 39.4 Å². The number of aryl methyl sites for hydroxylation is 1. The lowest BCUT2D eigenvalue weighted by molar-refractivity contribution is 0.387. The highest BCUT2D eigenvalue weighted by atomic mass is 16.5. The van der Waals surface area contributed by atoms with Crippen molar-refractivity contribution < 1.29 is 4.74 Å². The van der Waals surface area contributed by atoms with Crippen molar-refractivity contribution in [2.45, 2.75) is 80.1 Å². The summed E-state index contributed by atoms with van der Waals surface area (Å²) in [6.07, 6.45) is 5.67. The Hall–Kier alpha value is -2.04. The number of aromatic nitrogens is 4. The highest BCUT2D eigenvalue weighted by Crippen LogP contribution is 2.22. The van der Waals surface area contributed by atoms with E-state index in [2.05, 4.69) is 61.5 Å². The minimum absolute atomic E-state index is 0.403. The van der Waals surface area contributed by atoms with Gasteiger partial charge in [0.25, 0.3) is 0 Å². The molecule has 26 heavy (non-hydrogen) atoms. The van der Waals surface area contributed by atoms with E-state index in [4.69, 9.17) is 4.74 Å². The van der Waals surface area contributed by atoms with Gasteiger partial charge in [0.1, 0.15) is 11.6 Å². The maximum Gasteiger partial charge on any atom is 0.219 e. The molecule has 0 amide bonds. The molecule has 0 radical (unpaired) electrons.